The highest BCUT2D eigenvalue weighted by Crippen LogP contribution is 2.47. The minimum atomic E-state index is 0.444. The Morgan fingerprint density at radius 3 is 2.08 bits per heavy atom. The molecule has 2 fully saturated rings. The van der Waals surface area contributed by atoms with E-state index in [0.29, 0.717) is 11.3 Å². The van der Waals surface area contributed by atoms with Crippen molar-refractivity contribution in [3.8, 4) is 12.3 Å². The summed E-state index contributed by atoms with van der Waals surface area (Å²) in [5.41, 5.74) is 0.444. The molecule has 2 aliphatic rings. The Morgan fingerprint density at radius 1 is 0.962 bits per heavy atom. The lowest BCUT2D eigenvalue weighted by Gasteiger charge is -2.43. The summed E-state index contributed by atoms with van der Waals surface area (Å²) in [5, 5.41) is 0. The summed E-state index contributed by atoms with van der Waals surface area (Å²) in [6, 6.07) is 0. The van der Waals surface area contributed by atoms with Crippen LogP contribution in [0.3, 0.4) is 0 Å². The van der Waals surface area contributed by atoms with Gasteiger partial charge in [-0.3, -0.25) is 0 Å². The van der Waals surface area contributed by atoms with Crippen molar-refractivity contribution in [3.63, 3.8) is 0 Å². The zero-order chi connectivity index (χ0) is 19.5. The van der Waals surface area contributed by atoms with E-state index in [1.165, 1.54) is 51.4 Å². The van der Waals surface area contributed by atoms with Crippen molar-refractivity contribution >= 4 is 0 Å². The second-order valence-electron chi connectivity index (χ2n) is 11.6. The van der Waals surface area contributed by atoms with E-state index < -0.39 is 0 Å². The van der Waals surface area contributed by atoms with Gasteiger partial charge in [-0.2, -0.15) is 0 Å². The molecule has 0 nitrogen and oxygen atoms in total. The van der Waals surface area contributed by atoms with Crippen molar-refractivity contribution in [2.45, 2.75) is 99.8 Å². The molecule has 0 heterocycles. The third-order valence-corrected chi connectivity index (χ3v) is 7.93. The van der Waals surface area contributed by atoms with Crippen molar-refractivity contribution in [1.29, 1.82) is 0 Å². The van der Waals surface area contributed by atoms with Crippen LogP contribution in [0.5, 0.6) is 0 Å². The predicted octanol–water partition coefficient (Wildman–Crippen LogP) is 7.82. The molecule has 0 bridgehead atoms. The van der Waals surface area contributed by atoms with Crippen LogP contribution < -0.4 is 0 Å². The topological polar surface area (TPSA) is 0 Å². The Balaban J connectivity index is 1.93. The molecule has 0 aliphatic heterocycles. The number of hydrogen-bond acceptors (Lipinski definition) is 0. The number of rotatable bonds is 5. The van der Waals surface area contributed by atoms with Gasteiger partial charge in [0.1, 0.15) is 0 Å². The van der Waals surface area contributed by atoms with Crippen molar-refractivity contribution in [2.24, 2.45) is 52.8 Å². The van der Waals surface area contributed by atoms with Gasteiger partial charge in [0.15, 0.2) is 0 Å². The molecule has 150 valence electrons. The Hall–Kier alpha value is -0.440. The summed E-state index contributed by atoms with van der Waals surface area (Å²) >= 11 is 0. The third kappa shape index (κ3) is 5.78. The maximum absolute atomic E-state index is 5.92. The minimum absolute atomic E-state index is 0.444. The lowest BCUT2D eigenvalue weighted by Crippen LogP contribution is -2.35. The Labute approximate surface area is 165 Å². The van der Waals surface area contributed by atoms with Crippen LogP contribution in [0.15, 0.2) is 0 Å². The van der Waals surface area contributed by atoms with Crippen molar-refractivity contribution in [2.75, 3.05) is 0 Å². The Bertz CT molecular complexity index is 451. The predicted molar refractivity (Wildman–Crippen MR) is 116 cm³/mol. The summed E-state index contributed by atoms with van der Waals surface area (Å²) in [7, 11) is 0. The number of hydrogen-bond donors (Lipinski definition) is 0. The van der Waals surface area contributed by atoms with E-state index in [4.69, 9.17) is 6.42 Å². The van der Waals surface area contributed by atoms with Crippen molar-refractivity contribution < 1.29 is 0 Å². The van der Waals surface area contributed by atoms with Crippen LogP contribution in [-0.4, -0.2) is 0 Å². The molecule has 0 amide bonds. The Morgan fingerprint density at radius 2 is 1.58 bits per heavy atom. The van der Waals surface area contributed by atoms with Gasteiger partial charge in [-0.15, -0.1) is 12.3 Å². The standard InChI is InChI=1S/C26H46/c1-9-21-16-19(4)10-15-24(21)23-13-11-22(12-14-23)20(5)25(18(2)3)17-26(6,7)8/h1,18-25H,10-17H2,2-8H3/t19?,20-,21?,22?,23?,24?,25-/m0/s1. The first-order valence-electron chi connectivity index (χ1n) is 11.6. The zero-order valence-corrected chi connectivity index (χ0v) is 18.9. The first-order chi connectivity index (χ1) is 12.1. The summed E-state index contributed by atoms with van der Waals surface area (Å²) < 4.78 is 0. The molecule has 0 aromatic heterocycles. The van der Waals surface area contributed by atoms with Gasteiger partial charge in [-0.25, -0.2) is 0 Å². The van der Waals surface area contributed by atoms with Crippen molar-refractivity contribution in [1.82, 2.24) is 0 Å². The molecule has 0 aromatic rings. The molecular weight excluding hydrogens is 312 g/mol. The fourth-order valence-corrected chi connectivity index (χ4v) is 6.34. The average molecular weight is 359 g/mol. The maximum Gasteiger partial charge on any atom is 0.0233 e. The summed E-state index contributed by atoms with van der Waals surface area (Å²) in [5.74, 6) is 9.77. The van der Waals surface area contributed by atoms with E-state index in [9.17, 15) is 0 Å². The SMILES string of the molecule is C#CC1CC(C)CCC1C1CCC([C@H](C)[C@@H](CC(C)(C)C)C(C)C)CC1. The highest BCUT2D eigenvalue weighted by molar-refractivity contribution is 5.01. The summed E-state index contributed by atoms with van der Waals surface area (Å²) in [4.78, 5) is 0. The van der Waals surface area contributed by atoms with Gasteiger partial charge >= 0.3 is 0 Å². The van der Waals surface area contributed by atoms with E-state index >= 15 is 0 Å². The van der Waals surface area contributed by atoms with Gasteiger partial charge in [0.05, 0.1) is 0 Å². The second-order valence-corrected chi connectivity index (χ2v) is 11.6. The van der Waals surface area contributed by atoms with Gasteiger partial charge in [0, 0.05) is 5.92 Å². The van der Waals surface area contributed by atoms with Crippen LogP contribution in [0.4, 0.5) is 0 Å². The van der Waals surface area contributed by atoms with E-state index in [1.54, 1.807) is 0 Å². The quantitative estimate of drug-likeness (QED) is 0.439. The zero-order valence-electron chi connectivity index (χ0n) is 18.9. The maximum atomic E-state index is 5.92. The number of terminal acetylenes is 1. The summed E-state index contributed by atoms with van der Waals surface area (Å²) in [6.45, 7) is 17.1. The van der Waals surface area contributed by atoms with E-state index in [1.807, 2.05) is 0 Å². The molecule has 2 aliphatic carbocycles. The molecular formula is C26H46. The fourth-order valence-electron chi connectivity index (χ4n) is 6.34. The van der Waals surface area contributed by atoms with Crippen LogP contribution in [0, 0.1) is 65.1 Å². The van der Waals surface area contributed by atoms with E-state index in [2.05, 4.69) is 54.4 Å². The molecule has 0 N–H and O–H groups in total. The molecule has 0 radical (unpaired) electrons. The molecule has 0 saturated heterocycles. The second kappa shape index (κ2) is 9.17. The average Bonchev–Trinajstić information content (AvgIpc) is 2.58. The van der Waals surface area contributed by atoms with E-state index in [-0.39, 0.29) is 0 Å². The Kier molecular flexibility index (Phi) is 7.71. The van der Waals surface area contributed by atoms with Gasteiger partial charge in [-0.1, -0.05) is 54.9 Å². The first kappa shape index (κ1) is 21.9. The third-order valence-electron chi connectivity index (χ3n) is 7.93. The fraction of sp³-hybridized carbons (Fsp3) is 0.923. The first-order valence-corrected chi connectivity index (χ1v) is 11.6. The smallest absolute Gasteiger partial charge is 0.0233 e. The molecule has 3 unspecified atom stereocenters. The van der Waals surface area contributed by atoms with Gasteiger partial charge < -0.3 is 0 Å². The van der Waals surface area contributed by atoms with Crippen molar-refractivity contribution in [3.05, 3.63) is 0 Å². The molecule has 26 heavy (non-hydrogen) atoms. The molecule has 0 spiro atoms. The lowest BCUT2D eigenvalue weighted by molar-refractivity contribution is 0.0723. The van der Waals surface area contributed by atoms with Crippen LogP contribution in [0.25, 0.3) is 0 Å². The van der Waals surface area contributed by atoms with Crippen LogP contribution >= 0.6 is 0 Å². The van der Waals surface area contributed by atoms with Gasteiger partial charge in [0.25, 0.3) is 0 Å². The highest BCUT2D eigenvalue weighted by atomic mass is 14.4. The normalized spacial score (nSPS) is 35.7. The van der Waals surface area contributed by atoms with Crippen LogP contribution in [-0.2, 0) is 0 Å². The van der Waals surface area contributed by atoms with Crippen LogP contribution in [0.2, 0.25) is 0 Å². The van der Waals surface area contributed by atoms with Gasteiger partial charge in [-0.05, 0) is 91.8 Å². The molecule has 2 rings (SSSR count). The highest BCUT2D eigenvalue weighted by Gasteiger charge is 2.38. The lowest BCUT2D eigenvalue weighted by atomic mass is 9.61. The molecule has 5 atom stereocenters. The van der Waals surface area contributed by atoms with Crippen LogP contribution in [0.1, 0.15) is 99.8 Å². The monoisotopic (exact) mass is 358 g/mol. The molecule has 0 aromatic carbocycles. The van der Waals surface area contributed by atoms with E-state index in [0.717, 1.165) is 41.4 Å². The van der Waals surface area contributed by atoms with Gasteiger partial charge in [0.2, 0.25) is 0 Å². The summed E-state index contributed by atoms with van der Waals surface area (Å²) in [6.07, 6.45) is 17.1. The largest absolute Gasteiger partial charge is 0.120 e. The molecule has 0 heteroatoms. The molecule has 2 saturated carbocycles. The minimum Gasteiger partial charge on any atom is -0.120 e.